The second-order valence-electron chi connectivity index (χ2n) is 6.65. The van der Waals surface area contributed by atoms with E-state index in [0.717, 1.165) is 41.3 Å². The maximum atomic E-state index is 10.7. The van der Waals surface area contributed by atoms with Crippen LogP contribution >= 0.6 is 0 Å². The van der Waals surface area contributed by atoms with Crippen molar-refractivity contribution in [1.29, 1.82) is 0 Å². The number of rotatable bonds is 5. The molecule has 0 unspecified atom stereocenters. The average Bonchev–Trinajstić information content (AvgIpc) is 2.77. The molecule has 0 aliphatic heterocycles. The smallest absolute Gasteiger partial charge is 0.328 e. The number of hydrogen-bond donors (Lipinski definition) is 2. The van der Waals surface area contributed by atoms with Crippen LogP contribution in [0.5, 0.6) is 0 Å². The van der Waals surface area contributed by atoms with E-state index in [9.17, 15) is 4.79 Å². The van der Waals surface area contributed by atoms with Gasteiger partial charge in [0.05, 0.1) is 16.6 Å². The number of imidazole rings is 1. The highest BCUT2D eigenvalue weighted by Gasteiger charge is 2.42. The summed E-state index contributed by atoms with van der Waals surface area (Å²) in [6.45, 7) is 4.33. The van der Waals surface area contributed by atoms with Gasteiger partial charge in [-0.2, -0.15) is 0 Å². The van der Waals surface area contributed by atoms with Gasteiger partial charge in [-0.3, -0.25) is 0 Å². The van der Waals surface area contributed by atoms with Crippen molar-refractivity contribution < 1.29 is 9.90 Å². The molecular formula is C18H23N3O2. The number of carbonyl (C=O) groups is 1. The van der Waals surface area contributed by atoms with E-state index in [2.05, 4.69) is 30.8 Å². The molecule has 1 saturated carbocycles. The number of nitrogens with one attached hydrogen (secondary N) is 1. The lowest BCUT2D eigenvalue weighted by Crippen LogP contribution is -2.52. The number of benzene rings is 1. The van der Waals surface area contributed by atoms with Gasteiger partial charge in [0.1, 0.15) is 5.82 Å². The van der Waals surface area contributed by atoms with Crippen LogP contribution in [0.2, 0.25) is 0 Å². The van der Waals surface area contributed by atoms with Gasteiger partial charge in [-0.15, -0.1) is 0 Å². The Hall–Kier alpha value is -2.14. The van der Waals surface area contributed by atoms with Gasteiger partial charge in [0.15, 0.2) is 0 Å². The first kappa shape index (κ1) is 15.7. The Morgan fingerprint density at radius 3 is 2.74 bits per heavy atom. The fourth-order valence-electron chi connectivity index (χ4n) is 3.43. The van der Waals surface area contributed by atoms with Crippen LogP contribution in [0, 0.1) is 0 Å². The Morgan fingerprint density at radius 1 is 1.43 bits per heavy atom. The second kappa shape index (κ2) is 5.81. The number of aryl methyl sites for hydroxylation is 1. The molecule has 0 saturated heterocycles. The molecule has 1 fully saturated rings. The molecular weight excluding hydrogens is 290 g/mol. The summed E-state index contributed by atoms with van der Waals surface area (Å²) < 4.78 is 2.16. The predicted molar refractivity (Wildman–Crippen MR) is 91.2 cm³/mol. The number of nitrogens with zero attached hydrogens (tertiary/aromatic N) is 2. The molecule has 2 N–H and O–H groups in total. The number of hydrogen-bond acceptors (Lipinski definition) is 3. The third kappa shape index (κ3) is 2.88. The summed E-state index contributed by atoms with van der Waals surface area (Å²) >= 11 is 0. The first-order valence-corrected chi connectivity index (χ1v) is 8.07. The SMILES string of the molecule is CC(C)NC1(c2nc3cc(/C=C/C(=O)O)ccc3n2C)CCC1. The molecule has 1 aliphatic carbocycles. The van der Waals surface area contributed by atoms with Crippen molar-refractivity contribution in [2.45, 2.75) is 44.7 Å². The lowest BCUT2D eigenvalue weighted by Gasteiger charge is -2.43. The number of fused-ring (bicyclic) bond motifs is 1. The molecule has 0 spiro atoms. The van der Waals surface area contributed by atoms with Gasteiger partial charge in [-0.25, -0.2) is 9.78 Å². The van der Waals surface area contributed by atoms with Gasteiger partial charge < -0.3 is 15.0 Å². The largest absolute Gasteiger partial charge is 0.478 e. The van der Waals surface area contributed by atoms with E-state index in [-0.39, 0.29) is 5.54 Å². The van der Waals surface area contributed by atoms with E-state index in [1.807, 2.05) is 18.2 Å². The number of carboxylic acid groups (broad SMARTS) is 1. The highest BCUT2D eigenvalue weighted by atomic mass is 16.4. The van der Waals surface area contributed by atoms with Gasteiger partial charge in [0, 0.05) is 19.2 Å². The average molecular weight is 313 g/mol. The Bertz CT molecular complexity index is 770. The molecule has 5 heteroatoms. The summed E-state index contributed by atoms with van der Waals surface area (Å²) in [5.41, 5.74) is 2.80. The monoisotopic (exact) mass is 313 g/mol. The van der Waals surface area contributed by atoms with Crippen LogP contribution in [-0.4, -0.2) is 26.7 Å². The summed E-state index contributed by atoms with van der Waals surface area (Å²) in [4.78, 5) is 15.5. The third-order valence-electron chi connectivity index (χ3n) is 4.52. The zero-order chi connectivity index (χ0) is 16.6. The molecule has 2 aromatic rings. The summed E-state index contributed by atoms with van der Waals surface area (Å²) in [5, 5.41) is 12.4. The molecule has 122 valence electrons. The summed E-state index contributed by atoms with van der Waals surface area (Å²) in [7, 11) is 2.06. The first-order chi connectivity index (χ1) is 10.9. The Morgan fingerprint density at radius 2 is 2.17 bits per heavy atom. The molecule has 1 aromatic carbocycles. The van der Waals surface area contributed by atoms with Crippen molar-refractivity contribution >= 4 is 23.1 Å². The van der Waals surface area contributed by atoms with Crippen LogP contribution < -0.4 is 5.32 Å². The van der Waals surface area contributed by atoms with Gasteiger partial charge in [-0.1, -0.05) is 6.07 Å². The minimum absolute atomic E-state index is 0.0288. The van der Waals surface area contributed by atoms with Gasteiger partial charge in [0.25, 0.3) is 0 Å². The van der Waals surface area contributed by atoms with Crippen LogP contribution in [0.3, 0.4) is 0 Å². The maximum Gasteiger partial charge on any atom is 0.328 e. The molecule has 0 bridgehead atoms. The fraction of sp³-hybridized carbons (Fsp3) is 0.444. The molecule has 1 aromatic heterocycles. The zero-order valence-electron chi connectivity index (χ0n) is 13.8. The Kier molecular flexibility index (Phi) is 3.98. The minimum Gasteiger partial charge on any atom is -0.478 e. The van der Waals surface area contributed by atoms with Gasteiger partial charge in [0.2, 0.25) is 0 Å². The van der Waals surface area contributed by atoms with Crippen molar-refractivity contribution in [2.75, 3.05) is 0 Å². The van der Waals surface area contributed by atoms with E-state index in [1.54, 1.807) is 6.08 Å². The number of carboxylic acids is 1. The van der Waals surface area contributed by atoms with Crippen molar-refractivity contribution in [3.8, 4) is 0 Å². The standard InChI is InChI=1S/C18H23N3O2/c1-12(2)20-18(9-4-10-18)17-19-14-11-13(6-8-16(22)23)5-7-15(14)21(17)3/h5-8,11-12,20H,4,9-10H2,1-3H3,(H,22,23)/b8-6+. The molecule has 0 amide bonds. The highest BCUT2D eigenvalue weighted by Crippen LogP contribution is 2.42. The van der Waals surface area contributed by atoms with Crippen molar-refractivity contribution in [3.63, 3.8) is 0 Å². The van der Waals surface area contributed by atoms with Gasteiger partial charge >= 0.3 is 5.97 Å². The minimum atomic E-state index is -0.943. The van der Waals surface area contributed by atoms with Crippen LogP contribution in [0.4, 0.5) is 0 Å². The summed E-state index contributed by atoms with van der Waals surface area (Å²) in [5.74, 6) is 0.133. The molecule has 0 atom stereocenters. The van der Waals surface area contributed by atoms with E-state index < -0.39 is 5.97 Å². The van der Waals surface area contributed by atoms with Crippen LogP contribution in [-0.2, 0) is 17.4 Å². The van der Waals surface area contributed by atoms with E-state index in [1.165, 1.54) is 6.42 Å². The first-order valence-electron chi connectivity index (χ1n) is 8.07. The molecule has 0 radical (unpaired) electrons. The zero-order valence-corrected chi connectivity index (χ0v) is 13.8. The summed E-state index contributed by atoms with van der Waals surface area (Å²) in [6.07, 6.45) is 6.18. The molecule has 1 aliphatic rings. The normalized spacial score (nSPS) is 17.0. The fourth-order valence-corrected chi connectivity index (χ4v) is 3.43. The molecule has 1 heterocycles. The van der Waals surface area contributed by atoms with Crippen LogP contribution in [0.15, 0.2) is 24.3 Å². The number of aliphatic carboxylic acids is 1. The Balaban J connectivity index is 2.02. The van der Waals surface area contributed by atoms with Crippen LogP contribution in [0.1, 0.15) is 44.5 Å². The quantitative estimate of drug-likeness (QED) is 0.833. The number of aromatic nitrogens is 2. The molecule has 23 heavy (non-hydrogen) atoms. The van der Waals surface area contributed by atoms with E-state index in [0.29, 0.717) is 6.04 Å². The lowest BCUT2D eigenvalue weighted by atomic mass is 9.75. The third-order valence-corrected chi connectivity index (χ3v) is 4.52. The second-order valence-corrected chi connectivity index (χ2v) is 6.65. The molecule has 5 nitrogen and oxygen atoms in total. The van der Waals surface area contributed by atoms with Crippen molar-refractivity contribution in [2.24, 2.45) is 7.05 Å². The van der Waals surface area contributed by atoms with E-state index in [4.69, 9.17) is 10.1 Å². The predicted octanol–water partition coefficient (Wildman–Crippen LogP) is 3.05. The Labute approximate surface area is 136 Å². The highest BCUT2D eigenvalue weighted by molar-refractivity contribution is 5.87. The van der Waals surface area contributed by atoms with Crippen molar-refractivity contribution in [3.05, 3.63) is 35.7 Å². The van der Waals surface area contributed by atoms with Gasteiger partial charge in [-0.05, 0) is 56.9 Å². The lowest BCUT2D eigenvalue weighted by molar-refractivity contribution is -0.131. The topological polar surface area (TPSA) is 67.2 Å². The van der Waals surface area contributed by atoms with Crippen molar-refractivity contribution in [1.82, 2.24) is 14.9 Å². The summed E-state index contributed by atoms with van der Waals surface area (Å²) in [6, 6.07) is 6.29. The van der Waals surface area contributed by atoms with Crippen LogP contribution in [0.25, 0.3) is 17.1 Å². The maximum absolute atomic E-state index is 10.7. The molecule has 3 rings (SSSR count). The van der Waals surface area contributed by atoms with E-state index >= 15 is 0 Å².